The van der Waals surface area contributed by atoms with Crippen LogP contribution in [0.2, 0.25) is 0 Å². The molecule has 4 nitrogen and oxygen atoms in total. The molecule has 5 heteroatoms. The SMILES string of the molecule is CC(CNCC(C)(C)N1CCNCC1)c1nccs1. The lowest BCUT2D eigenvalue weighted by atomic mass is 10.0. The molecule has 0 saturated carbocycles. The number of thiazole rings is 1. The first-order valence-electron chi connectivity index (χ1n) is 7.15. The molecular weight excluding hydrogens is 256 g/mol. The molecular formula is C14H26N4S. The quantitative estimate of drug-likeness (QED) is 0.830. The van der Waals surface area contributed by atoms with Crippen molar-refractivity contribution in [2.45, 2.75) is 32.2 Å². The Balaban J connectivity index is 1.74. The minimum Gasteiger partial charge on any atom is -0.314 e. The lowest BCUT2D eigenvalue weighted by Gasteiger charge is -2.41. The van der Waals surface area contributed by atoms with Crippen molar-refractivity contribution in [3.63, 3.8) is 0 Å². The van der Waals surface area contributed by atoms with E-state index < -0.39 is 0 Å². The van der Waals surface area contributed by atoms with Gasteiger partial charge in [0.1, 0.15) is 0 Å². The summed E-state index contributed by atoms with van der Waals surface area (Å²) in [4.78, 5) is 6.95. The number of hydrogen-bond acceptors (Lipinski definition) is 5. The van der Waals surface area contributed by atoms with Gasteiger partial charge in [-0.25, -0.2) is 4.98 Å². The van der Waals surface area contributed by atoms with Crippen LogP contribution in [0.5, 0.6) is 0 Å². The maximum Gasteiger partial charge on any atom is 0.0965 e. The van der Waals surface area contributed by atoms with Gasteiger partial charge in [0, 0.05) is 62.3 Å². The molecule has 1 unspecified atom stereocenters. The molecule has 2 N–H and O–H groups in total. The lowest BCUT2D eigenvalue weighted by Crippen LogP contribution is -2.57. The van der Waals surface area contributed by atoms with Crippen molar-refractivity contribution in [1.82, 2.24) is 20.5 Å². The number of rotatable bonds is 6. The number of nitrogens with zero attached hydrogens (tertiary/aromatic N) is 2. The highest BCUT2D eigenvalue weighted by Gasteiger charge is 2.27. The number of hydrogen-bond donors (Lipinski definition) is 2. The number of nitrogens with one attached hydrogen (secondary N) is 2. The summed E-state index contributed by atoms with van der Waals surface area (Å²) >= 11 is 1.75. The van der Waals surface area contributed by atoms with Gasteiger partial charge in [0.15, 0.2) is 0 Å². The van der Waals surface area contributed by atoms with E-state index in [1.54, 1.807) is 11.3 Å². The first kappa shape index (κ1) is 14.9. The predicted molar refractivity (Wildman–Crippen MR) is 81.9 cm³/mol. The summed E-state index contributed by atoms with van der Waals surface area (Å²) in [5.41, 5.74) is 0.227. The summed E-state index contributed by atoms with van der Waals surface area (Å²) in [6.07, 6.45) is 1.89. The molecule has 1 fully saturated rings. The van der Waals surface area contributed by atoms with Gasteiger partial charge in [-0.05, 0) is 13.8 Å². The van der Waals surface area contributed by atoms with Crippen molar-refractivity contribution < 1.29 is 0 Å². The Morgan fingerprint density at radius 2 is 2.21 bits per heavy atom. The highest BCUT2D eigenvalue weighted by molar-refractivity contribution is 7.09. The van der Waals surface area contributed by atoms with Gasteiger partial charge in [0.05, 0.1) is 5.01 Å². The van der Waals surface area contributed by atoms with E-state index in [9.17, 15) is 0 Å². The Labute approximate surface area is 120 Å². The predicted octanol–water partition coefficient (Wildman–Crippen LogP) is 1.52. The molecule has 1 aromatic rings. The van der Waals surface area contributed by atoms with E-state index in [2.05, 4.69) is 46.7 Å². The molecule has 108 valence electrons. The van der Waals surface area contributed by atoms with Gasteiger partial charge in [-0.3, -0.25) is 4.90 Å². The summed E-state index contributed by atoms with van der Waals surface area (Å²) in [6.45, 7) is 13.5. The van der Waals surface area contributed by atoms with E-state index in [1.807, 2.05) is 6.20 Å². The van der Waals surface area contributed by atoms with Gasteiger partial charge in [0.2, 0.25) is 0 Å². The fraction of sp³-hybridized carbons (Fsp3) is 0.786. The van der Waals surface area contributed by atoms with Crippen molar-refractivity contribution >= 4 is 11.3 Å². The van der Waals surface area contributed by atoms with Crippen molar-refractivity contribution in [3.8, 4) is 0 Å². The van der Waals surface area contributed by atoms with E-state index in [4.69, 9.17) is 0 Å². The van der Waals surface area contributed by atoms with Gasteiger partial charge in [-0.1, -0.05) is 6.92 Å². The van der Waals surface area contributed by atoms with Gasteiger partial charge >= 0.3 is 0 Å². The largest absolute Gasteiger partial charge is 0.314 e. The van der Waals surface area contributed by atoms with E-state index >= 15 is 0 Å². The van der Waals surface area contributed by atoms with Crippen LogP contribution in [0.15, 0.2) is 11.6 Å². The van der Waals surface area contributed by atoms with E-state index in [1.165, 1.54) is 5.01 Å². The number of aromatic nitrogens is 1. The van der Waals surface area contributed by atoms with Crippen LogP contribution in [0.4, 0.5) is 0 Å². The summed E-state index contributed by atoms with van der Waals surface area (Å²) < 4.78 is 0. The summed E-state index contributed by atoms with van der Waals surface area (Å²) in [7, 11) is 0. The first-order chi connectivity index (χ1) is 9.09. The standard InChI is InChI=1S/C14H26N4S/c1-12(13-17-6-9-19-13)10-16-11-14(2,3)18-7-4-15-5-8-18/h6,9,12,15-16H,4-5,7-8,10-11H2,1-3H3. The second-order valence-corrected chi connectivity index (χ2v) is 6.88. The molecule has 0 radical (unpaired) electrons. The lowest BCUT2D eigenvalue weighted by molar-refractivity contribution is 0.102. The molecule has 1 aliphatic rings. The zero-order valence-electron chi connectivity index (χ0n) is 12.3. The fourth-order valence-electron chi connectivity index (χ4n) is 2.54. The van der Waals surface area contributed by atoms with Crippen molar-refractivity contribution in [3.05, 3.63) is 16.6 Å². The first-order valence-corrected chi connectivity index (χ1v) is 8.03. The minimum absolute atomic E-state index is 0.227. The molecule has 19 heavy (non-hydrogen) atoms. The Kier molecular flexibility index (Phi) is 5.33. The molecule has 0 amide bonds. The Morgan fingerprint density at radius 3 is 2.84 bits per heavy atom. The molecule has 2 heterocycles. The van der Waals surface area contributed by atoms with Crippen molar-refractivity contribution in [2.24, 2.45) is 0 Å². The smallest absolute Gasteiger partial charge is 0.0965 e. The second-order valence-electron chi connectivity index (χ2n) is 5.95. The van der Waals surface area contributed by atoms with Gasteiger partial charge in [-0.2, -0.15) is 0 Å². The monoisotopic (exact) mass is 282 g/mol. The van der Waals surface area contributed by atoms with Crippen LogP contribution in [0, 0.1) is 0 Å². The molecule has 1 aliphatic heterocycles. The Bertz CT molecular complexity index is 358. The average molecular weight is 282 g/mol. The van der Waals surface area contributed by atoms with Gasteiger partial charge in [-0.15, -0.1) is 11.3 Å². The van der Waals surface area contributed by atoms with Crippen LogP contribution in [-0.2, 0) is 0 Å². The third-order valence-electron chi connectivity index (χ3n) is 3.85. The normalized spacial score (nSPS) is 19.5. The van der Waals surface area contributed by atoms with E-state index in [-0.39, 0.29) is 5.54 Å². The fourth-order valence-corrected chi connectivity index (χ4v) is 3.24. The summed E-state index contributed by atoms with van der Waals surface area (Å²) in [5, 5.41) is 10.3. The Hall–Kier alpha value is -0.490. The molecule has 1 saturated heterocycles. The van der Waals surface area contributed by atoms with Crippen molar-refractivity contribution in [1.29, 1.82) is 0 Å². The maximum absolute atomic E-state index is 4.38. The summed E-state index contributed by atoms with van der Waals surface area (Å²) in [6, 6.07) is 0. The molecule has 0 aromatic carbocycles. The van der Waals surface area contributed by atoms with Crippen LogP contribution in [0.25, 0.3) is 0 Å². The topological polar surface area (TPSA) is 40.2 Å². The third kappa shape index (κ3) is 4.24. The molecule has 1 aromatic heterocycles. The third-order valence-corrected chi connectivity index (χ3v) is 4.86. The minimum atomic E-state index is 0.227. The van der Waals surface area contributed by atoms with Crippen LogP contribution in [0.3, 0.4) is 0 Å². The van der Waals surface area contributed by atoms with Gasteiger partial charge in [0.25, 0.3) is 0 Å². The molecule has 0 bridgehead atoms. The molecule has 0 aliphatic carbocycles. The highest BCUT2D eigenvalue weighted by Crippen LogP contribution is 2.18. The molecule has 2 rings (SSSR count). The van der Waals surface area contributed by atoms with Crippen LogP contribution < -0.4 is 10.6 Å². The second kappa shape index (κ2) is 6.79. The van der Waals surface area contributed by atoms with Gasteiger partial charge < -0.3 is 10.6 Å². The van der Waals surface area contributed by atoms with E-state index in [0.29, 0.717) is 5.92 Å². The highest BCUT2D eigenvalue weighted by atomic mass is 32.1. The number of piperazine rings is 1. The van der Waals surface area contributed by atoms with Crippen molar-refractivity contribution in [2.75, 3.05) is 39.3 Å². The average Bonchev–Trinajstić information content (AvgIpc) is 2.93. The van der Waals surface area contributed by atoms with Crippen LogP contribution in [0.1, 0.15) is 31.7 Å². The zero-order chi connectivity index (χ0) is 13.7. The molecule has 1 atom stereocenters. The summed E-state index contributed by atoms with van der Waals surface area (Å²) in [5.74, 6) is 0.499. The zero-order valence-corrected chi connectivity index (χ0v) is 13.1. The maximum atomic E-state index is 4.38. The Morgan fingerprint density at radius 1 is 1.47 bits per heavy atom. The molecule has 0 spiro atoms. The van der Waals surface area contributed by atoms with Crippen LogP contribution in [-0.4, -0.2) is 54.7 Å². The van der Waals surface area contributed by atoms with E-state index in [0.717, 1.165) is 39.3 Å². The van der Waals surface area contributed by atoms with Crippen LogP contribution >= 0.6 is 11.3 Å².